The normalized spacial score (nSPS) is 13.8. The molecular formula is C31H31F3N10O2. The summed E-state index contributed by atoms with van der Waals surface area (Å²) >= 11 is 0. The monoisotopic (exact) mass is 632 g/mol. The molecule has 1 saturated heterocycles. The smallest absolute Gasteiger partial charge is 0.379 e. The van der Waals surface area contributed by atoms with Crippen LogP contribution in [0.4, 0.5) is 36.3 Å². The fraction of sp³-hybridized carbons (Fsp3) is 0.258. The molecule has 0 saturated carbocycles. The minimum atomic E-state index is -4.65. The Bertz CT molecular complexity index is 1800. The van der Waals surface area contributed by atoms with Crippen molar-refractivity contribution in [3.05, 3.63) is 96.6 Å². The molecule has 1 aliphatic rings. The van der Waals surface area contributed by atoms with Gasteiger partial charge in [0.1, 0.15) is 18.0 Å². The number of rotatable bonds is 10. The number of aryl methyl sites for hydroxylation is 1. The number of amides is 1. The molecule has 0 atom stereocenters. The molecule has 6 rings (SSSR count). The van der Waals surface area contributed by atoms with E-state index < -0.39 is 17.6 Å². The lowest BCUT2D eigenvalue weighted by Crippen LogP contribution is -2.39. The highest BCUT2D eigenvalue weighted by Gasteiger charge is 2.34. The number of carbonyl (C=O) groups is 1. The second-order valence-corrected chi connectivity index (χ2v) is 10.6. The number of morpholine rings is 1. The molecule has 46 heavy (non-hydrogen) atoms. The van der Waals surface area contributed by atoms with Crippen LogP contribution < -0.4 is 16.0 Å². The van der Waals surface area contributed by atoms with E-state index in [1.165, 1.54) is 41.7 Å². The number of hydrogen-bond acceptors (Lipinski definition) is 9. The van der Waals surface area contributed by atoms with E-state index in [1.807, 2.05) is 13.0 Å². The Hall–Kier alpha value is -5.28. The first-order valence-corrected chi connectivity index (χ1v) is 14.5. The Morgan fingerprint density at radius 2 is 1.85 bits per heavy atom. The summed E-state index contributed by atoms with van der Waals surface area (Å²) in [5.41, 5.74) is 0.659. The molecule has 15 heteroatoms. The third kappa shape index (κ3) is 7.16. The number of alkyl halides is 3. The molecule has 1 amide bonds. The number of benzene rings is 2. The topological polar surface area (TPSA) is 127 Å². The molecule has 1 fully saturated rings. The largest absolute Gasteiger partial charge is 0.418 e. The third-order valence-electron chi connectivity index (χ3n) is 7.47. The summed E-state index contributed by atoms with van der Waals surface area (Å²) in [6, 6.07) is 10.4. The van der Waals surface area contributed by atoms with Crippen molar-refractivity contribution in [3.8, 4) is 11.5 Å². The lowest BCUT2D eigenvalue weighted by atomic mass is 10.1. The summed E-state index contributed by atoms with van der Waals surface area (Å²) in [4.78, 5) is 32.5. The van der Waals surface area contributed by atoms with Crippen molar-refractivity contribution in [1.29, 1.82) is 0 Å². The number of nitrogens with zero attached hydrogens (tertiary/aromatic N) is 7. The van der Waals surface area contributed by atoms with Crippen molar-refractivity contribution in [2.24, 2.45) is 0 Å². The van der Waals surface area contributed by atoms with E-state index in [-0.39, 0.29) is 16.9 Å². The highest BCUT2D eigenvalue weighted by atomic mass is 19.4. The fourth-order valence-electron chi connectivity index (χ4n) is 5.01. The molecule has 3 N–H and O–H groups in total. The maximum Gasteiger partial charge on any atom is 0.418 e. The summed E-state index contributed by atoms with van der Waals surface area (Å²) in [6.07, 6.45) is 4.28. The van der Waals surface area contributed by atoms with Crippen LogP contribution in [-0.4, -0.2) is 79.3 Å². The van der Waals surface area contributed by atoms with Gasteiger partial charge in [-0.3, -0.25) is 14.3 Å². The molecule has 0 bridgehead atoms. The molecule has 3 aromatic heterocycles. The van der Waals surface area contributed by atoms with Crippen LogP contribution in [0.1, 0.15) is 21.5 Å². The lowest BCUT2D eigenvalue weighted by molar-refractivity contribution is -0.137. The summed E-state index contributed by atoms with van der Waals surface area (Å²) in [5, 5.41) is 9.17. The summed E-state index contributed by atoms with van der Waals surface area (Å²) in [7, 11) is 0. The number of nitrogens with one attached hydrogen (secondary N) is 3. The Balaban J connectivity index is 1.16. The van der Waals surface area contributed by atoms with Gasteiger partial charge in [0, 0.05) is 74.0 Å². The van der Waals surface area contributed by atoms with Crippen molar-refractivity contribution in [1.82, 2.24) is 34.0 Å². The van der Waals surface area contributed by atoms with Crippen LogP contribution in [0, 0.1) is 6.92 Å². The predicted octanol–water partition coefficient (Wildman–Crippen LogP) is 4.92. The highest BCUT2D eigenvalue weighted by Crippen LogP contribution is 2.36. The van der Waals surface area contributed by atoms with Gasteiger partial charge in [-0.25, -0.2) is 19.9 Å². The summed E-state index contributed by atoms with van der Waals surface area (Å²) in [6.45, 7) is 6.74. The second kappa shape index (κ2) is 13.4. The molecule has 12 nitrogen and oxygen atoms in total. The van der Waals surface area contributed by atoms with E-state index in [0.717, 1.165) is 44.5 Å². The second-order valence-electron chi connectivity index (χ2n) is 10.6. The van der Waals surface area contributed by atoms with Crippen LogP contribution in [0.15, 0.2) is 79.9 Å². The van der Waals surface area contributed by atoms with Crippen molar-refractivity contribution >= 4 is 29.0 Å². The molecule has 5 aromatic rings. The first-order chi connectivity index (χ1) is 22.2. The van der Waals surface area contributed by atoms with Gasteiger partial charge >= 0.3 is 6.18 Å². The van der Waals surface area contributed by atoms with E-state index in [2.05, 4.69) is 40.8 Å². The maximum absolute atomic E-state index is 13.9. The standard InChI is InChI=1S/C31H31F3N10O2/c1-21-2-3-22(29(45)40-23-4-5-26(43-10-6-35-20-43)24(17-23)31(32,33)34)16-25(21)41-30-37-8-11-44(30)28-18-27(38-19-39-28)36-7-9-42-12-14-46-15-13-42/h2-6,8,10-11,16-20H,7,9,12-15H2,1H3,(H,37,41)(H,40,45)(H,36,38,39). The average Bonchev–Trinajstić information content (AvgIpc) is 3.75. The molecule has 0 unspecified atom stereocenters. The van der Waals surface area contributed by atoms with E-state index in [4.69, 9.17) is 4.74 Å². The quantitative estimate of drug-likeness (QED) is 0.197. The molecule has 238 valence electrons. The number of anilines is 4. The zero-order chi connectivity index (χ0) is 32.1. The predicted molar refractivity (Wildman–Crippen MR) is 166 cm³/mol. The molecule has 0 radical (unpaired) electrons. The molecule has 1 aliphatic heterocycles. The van der Waals surface area contributed by atoms with Crippen LogP contribution in [0.3, 0.4) is 0 Å². The van der Waals surface area contributed by atoms with Crippen molar-refractivity contribution in [3.63, 3.8) is 0 Å². The van der Waals surface area contributed by atoms with Gasteiger partial charge in [-0.15, -0.1) is 0 Å². The van der Waals surface area contributed by atoms with Gasteiger partial charge in [0.2, 0.25) is 5.95 Å². The van der Waals surface area contributed by atoms with Crippen LogP contribution in [0.5, 0.6) is 0 Å². The number of imidazole rings is 2. The molecular weight excluding hydrogens is 601 g/mol. The zero-order valence-electron chi connectivity index (χ0n) is 24.8. The van der Waals surface area contributed by atoms with Gasteiger partial charge < -0.3 is 25.3 Å². The van der Waals surface area contributed by atoms with Gasteiger partial charge in [0.15, 0.2) is 0 Å². The van der Waals surface area contributed by atoms with Gasteiger partial charge in [0.25, 0.3) is 5.91 Å². The summed E-state index contributed by atoms with van der Waals surface area (Å²) < 4.78 is 50.1. The zero-order valence-corrected chi connectivity index (χ0v) is 24.8. The van der Waals surface area contributed by atoms with E-state index >= 15 is 0 Å². The third-order valence-corrected chi connectivity index (χ3v) is 7.47. The molecule has 2 aromatic carbocycles. The van der Waals surface area contributed by atoms with Crippen molar-refractivity contribution in [2.45, 2.75) is 13.1 Å². The minimum Gasteiger partial charge on any atom is -0.379 e. The van der Waals surface area contributed by atoms with Gasteiger partial charge in [-0.05, 0) is 42.8 Å². The summed E-state index contributed by atoms with van der Waals surface area (Å²) in [5.74, 6) is 1.12. The number of ether oxygens (including phenoxy) is 1. The lowest BCUT2D eigenvalue weighted by Gasteiger charge is -2.26. The number of halogens is 3. The van der Waals surface area contributed by atoms with Gasteiger partial charge in [-0.2, -0.15) is 13.2 Å². The average molecular weight is 633 g/mol. The first kappa shape index (κ1) is 30.7. The van der Waals surface area contributed by atoms with Crippen LogP contribution in [0.25, 0.3) is 11.5 Å². The van der Waals surface area contributed by atoms with Crippen molar-refractivity contribution < 1.29 is 22.7 Å². The van der Waals surface area contributed by atoms with Crippen LogP contribution in [-0.2, 0) is 10.9 Å². The van der Waals surface area contributed by atoms with E-state index in [0.29, 0.717) is 29.8 Å². The fourth-order valence-corrected chi connectivity index (χ4v) is 5.01. The molecule has 0 aliphatic carbocycles. The Morgan fingerprint density at radius 3 is 2.63 bits per heavy atom. The number of aromatic nitrogens is 6. The van der Waals surface area contributed by atoms with Crippen LogP contribution in [0.2, 0.25) is 0 Å². The minimum absolute atomic E-state index is 0.00457. The van der Waals surface area contributed by atoms with Crippen LogP contribution >= 0.6 is 0 Å². The molecule has 4 heterocycles. The Labute approximate surface area is 262 Å². The van der Waals surface area contributed by atoms with Crippen molar-refractivity contribution in [2.75, 3.05) is 55.3 Å². The van der Waals surface area contributed by atoms with E-state index in [9.17, 15) is 18.0 Å². The van der Waals surface area contributed by atoms with Gasteiger partial charge in [-0.1, -0.05) is 6.07 Å². The first-order valence-electron chi connectivity index (χ1n) is 14.5. The number of hydrogen-bond donors (Lipinski definition) is 3. The maximum atomic E-state index is 13.9. The number of carbonyl (C=O) groups excluding carboxylic acids is 1. The molecule has 0 spiro atoms. The Morgan fingerprint density at radius 1 is 1.00 bits per heavy atom. The highest BCUT2D eigenvalue weighted by molar-refractivity contribution is 6.05. The SMILES string of the molecule is Cc1ccc(C(=O)Nc2ccc(-n3ccnc3)c(C(F)(F)F)c2)cc1Nc1nccn1-c1cc(NCCN2CCOCC2)ncn1. The van der Waals surface area contributed by atoms with Gasteiger partial charge in [0.05, 0.1) is 30.8 Å². The van der Waals surface area contributed by atoms with E-state index in [1.54, 1.807) is 35.2 Å². The Kier molecular flexibility index (Phi) is 8.94.